The zero-order valence-corrected chi connectivity index (χ0v) is 22.9. The number of anilines is 1. The van der Waals surface area contributed by atoms with Crippen molar-refractivity contribution < 1.29 is 32.2 Å². The molecule has 2 heterocycles. The number of sulfonamides is 1. The Morgan fingerprint density at radius 1 is 1.10 bits per heavy atom. The van der Waals surface area contributed by atoms with Gasteiger partial charge < -0.3 is 24.3 Å². The molecule has 0 aliphatic carbocycles. The van der Waals surface area contributed by atoms with Crippen LogP contribution >= 0.6 is 0 Å². The highest BCUT2D eigenvalue weighted by molar-refractivity contribution is 7.92. The molecule has 0 radical (unpaired) electrons. The van der Waals surface area contributed by atoms with Gasteiger partial charge in [-0.15, -0.1) is 0 Å². The Morgan fingerprint density at radius 3 is 2.33 bits per heavy atom. The van der Waals surface area contributed by atoms with Gasteiger partial charge in [0, 0.05) is 29.6 Å². The van der Waals surface area contributed by atoms with Gasteiger partial charge in [-0.05, 0) is 56.3 Å². The van der Waals surface area contributed by atoms with E-state index < -0.39 is 22.2 Å². The maximum Gasteiger partial charge on any atom is 0.255 e. The summed E-state index contributed by atoms with van der Waals surface area (Å²) in [5.74, 6) is 1.33. The molecular formula is C29H30N2O7S. The summed E-state index contributed by atoms with van der Waals surface area (Å²) in [4.78, 5) is 13.1. The quantitative estimate of drug-likeness (QED) is 0.355. The minimum atomic E-state index is -3.70. The molecule has 1 amide bonds. The van der Waals surface area contributed by atoms with Crippen LogP contribution < -0.4 is 14.4 Å². The van der Waals surface area contributed by atoms with Gasteiger partial charge in [-0.1, -0.05) is 17.7 Å². The van der Waals surface area contributed by atoms with Gasteiger partial charge >= 0.3 is 0 Å². The molecule has 5 rings (SSSR count). The highest BCUT2D eigenvalue weighted by Crippen LogP contribution is 2.42. The molecule has 10 heteroatoms. The fourth-order valence-electron chi connectivity index (χ4n) is 4.76. The van der Waals surface area contributed by atoms with Gasteiger partial charge in [0.05, 0.1) is 42.9 Å². The molecule has 0 spiro atoms. The molecular weight excluding hydrogens is 520 g/mol. The van der Waals surface area contributed by atoms with Crippen LogP contribution in [0.25, 0.3) is 22.3 Å². The number of benzene rings is 3. The molecule has 0 bridgehead atoms. The lowest BCUT2D eigenvalue weighted by Gasteiger charge is -2.24. The number of furan rings is 1. The van der Waals surface area contributed by atoms with Crippen LogP contribution in [0.3, 0.4) is 0 Å². The van der Waals surface area contributed by atoms with Crippen molar-refractivity contribution in [3.63, 3.8) is 0 Å². The zero-order chi connectivity index (χ0) is 27.9. The second-order valence-corrected chi connectivity index (χ2v) is 11.5. The Bertz CT molecular complexity index is 1630. The molecule has 0 saturated carbocycles. The van der Waals surface area contributed by atoms with Gasteiger partial charge in [0.2, 0.25) is 10.0 Å². The van der Waals surface area contributed by atoms with Crippen molar-refractivity contribution in [2.24, 2.45) is 0 Å². The van der Waals surface area contributed by atoms with E-state index in [1.807, 2.05) is 31.2 Å². The van der Waals surface area contributed by atoms with Crippen molar-refractivity contribution in [1.29, 1.82) is 0 Å². The summed E-state index contributed by atoms with van der Waals surface area (Å²) in [5, 5.41) is 12.9. The Kier molecular flexibility index (Phi) is 7.11. The van der Waals surface area contributed by atoms with Crippen LogP contribution in [0.4, 0.5) is 5.69 Å². The van der Waals surface area contributed by atoms with Crippen molar-refractivity contribution in [2.45, 2.75) is 26.1 Å². The number of amides is 1. The third kappa shape index (κ3) is 5.23. The Balaban J connectivity index is 1.61. The number of rotatable bonds is 6. The van der Waals surface area contributed by atoms with Crippen LogP contribution in [0.1, 0.15) is 34.5 Å². The van der Waals surface area contributed by atoms with E-state index in [0.29, 0.717) is 50.6 Å². The number of aliphatic hydroxyl groups excluding tert-OH is 1. The summed E-state index contributed by atoms with van der Waals surface area (Å²) < 4.78 is 44.7. The number of carbonyl (C=O) groups is 1. The maximum absolute atomic E-state index is 13.1. The fraction of sp³-hybridized carbons (Fsp3) is 0.276. The SMILES string of the molecule is CNC(=O)c1c(-c2ccc(Oc3ccc(C)cc3)cc2)oc2cc3c(cc12)C(C)OC(CO)CN3S(C)(=O)=O. The summed E-state index contributed by atoms with van der Waals surface area (Å²) in [5.41, 5.74) is 3.42. The zero-order valence-electron chi connectivity index (χ0n) is 22.1. The summed E-state index contributed by atoms with van der Waals surface area (Å²) in [6.45, 7) is 3.41. The molecule has 4 aromatic rings. The average Bonchev–Trinajstić information content (AvgIpc) is 3.22. The van der Waals surface area contributed by atoms with E-state index in [-0.39, 0.29) is 19.1 Å². The molecule has 3 aromatic carbocycles. The van der Waals surface area contributed by atoms with E-state index in [9.17, 15) is 18.3 Å². The lowest BCUT2D eigenvalue weighted by Crippen LogP contribution is -2.38. The molecule has 2 atom stereocenters. The molecule has 204 valence electrons. The van der Waals surface area contributed by atoms with Crippen LogP contribution in [0.2, 0.25) is 0 Å². The predicted octanol–water partition coefficient (Wildman–Crippen LogP) is 4.78. The second kappa shape index (κ2) is 10.4. The van der Waals surface area contributed by atoms with E-state index in [1.165, 1.54) is 11.4 Å². The lowest BCUT2D eigenvalue weighted by atomic mass is 10.0. The van der Waals surface area contributed by atoms with Gasteiger partial charge in [0.25, 0.3) is 5.91 Å². The summed E-state index contributed by atoms with van der Waals surface area (Å²) in [6, 6.07) is 18.3. The van der Waals surface area contributed by atoms with Gasteiger partial charge in [0.1, 0.15) is 22.8 Å². The molecule has 9 nitrogen and oxygen atoms in total. The molecule has 2 N–H and O–H groups in total. The second-order valence-electron chi connectivity index (χ2n) is 9.61. The van der Waals surface area contributed by atoms with E-state index >= 15 is 0 Å². The normalized spacial score (nSPS) is 17.5. The monoisotopic (exact) mass is 550 g/mol. The van der Waals surface area contributed by atoms with Crippen molar-refractivity contribution in [1.82, 2.24) is 5.32 Å². The molecule has 1 aromatic heterocycles. The lowest BCUT2D eigenvalue weighted by molar-refractivity contribution is -0.0227. The molecule has 1 aliphatic rings. The Labute approximate surface area is 227 Å². The molecule has 39 heavy (non-hydrogen) atoms. The van der Waals surface area contributed by atoms with Crippen molar-refractivity contribution >= 4 is 32.6 Å². The van der Waals surface area contributed by atoms with Crippen molar-refractivity contribution in [3.05, 3.63) is 77.4 Å². The van der Waals surface area contributed by atoms with Gasteiger partial charge in [-0.3, -0.25) is 9.10 Å². The molecule has 0 saturated heterocycles. The number of ether oxygens (including phenoxy) is 2. The van der Waals surface area contributed by atoms with E-state index in [4.69, 9.17) is 13.9 Å². The largest absolute Gasteiger partial charge is 0.457 e. The first-order valence-corrected chi connectivity index (χ1v) is 14.4. The first-order chi connectivity index (χ1) is 18.6. The predicted molar refractivity (Wildman–Crippen MR) is 149 cm³/mol. The number of aliphatic hydroxyl groups is 1. The maximum atomic E-state index is 13.1. The van der Waals surface area contributed by atoms with Crippen molar-refractivity contribution in [2.75, 3.05) is 30.8 Å². The Hall–Kier alpha value is -3.86. The number of hydrogen-bond acceptors (Lipinski definition) is 7. The van der Waals surface area contributed by atoms with Crippen LogP contribution in [0.15, 0.2) is 65.1 Å². The minimum absolute atomic E-state index is 0.0451. The fourth-order valence-corrected chi connectivity index (χ4v) is 5.72. The third-order valence-corrected chi connectivity index (χ3v) is 7.89. The summed E-state index contributed by atoms with van der Waals surface area (Å²) in [7, 11) is -2.16. The molecule has 1 aliphatic heterocycles. The number of carbonyl (C=O) groups excluding carboxylic acids is 1. The average molecular weight is 551 g/mol. The number of nitrogens with zero attached hydrogens (tertiary/aromatic N) is 1. The van der Waals surface area contributed by atoms with Crippen LogP contribution in [0.5, 0.6) is 11.5 Å². The van der Waals surface area contributed by atoms with Crippen LogP contribution in [-0.4, -0.2) is 52.0 Å². The highest BCUT2D eigenvalue weighted by Gasteiger charge is 2.33. The number of aryl methyl sites for hydroxylation is 1. The first kappa shape index (κ1) is 26.7. The highest BCUT2D eigenvalue weighted by atomic mass is 32.2. The third-order valence-electron chi connectivity index (χ3n) is 6.74. The van der Waals surface area contributed by atoms with E-state index in [0.717, 1.165) is 11.8 Å². The van der Waals surface area contributed by atoms with Crippen molar-refractivity contribution in [3.8, 4) is 22.8 Å². The van der Waals surface area contributed by atoms with E-state index in [2.05, 4.69) is 5.32 Å². The van der Waals surface area contributed by atoms with Gasteiger partial charge in [-0.25, -0.2) is 8.42 Å². The van der Waals surface area contributed by atoms with Crippen LogP contribution in [-0.2, 0) is 14.8 Å². The summed E-state index contributed by atoms with van der Waals surface area (Å²) in [6.07, 6.45) is -0.139. The Morgan fingerprint density at radius 2 is 1.74 bits per heavy atom. The number of hydrogen-bond donors (Lipinski definition) is 2. The molecule has 2 unspecified atom stereocenters. The van der Waals surface area contributed by atoms with E-state index in [1.54, 1.807) is 43.3 Å². The number of nitrogens with one attached hydrogen (secondary N) is 1. The minimum Gasteiger partial charge on any atom is -0.457 e. The topological polar surface area (TPSA) is 118 Å². The standard InChI is InChI=1S/C29H30N2O7S/c1-17-5-9-20(10-6-17)37-21-11-7-19(8-12-21)28-27(29(33)30-3)24-13-23-18(2)36-22(16-32)15-31(39(4,34)35)25(23)14-26(24)38-28/h5-14,18,22,32H,15-16H2,1-4H3,(H,30,33). The smallest absolute Gasteiger partial charge is 0.255 e. The number of fused-ring (bicyclic) bond motifs is 2. The summed E-state index contributed by atoms with van der Waals surface area (Å²) >= 11 is 0. The molecule has 0 fully saturated rings. The van der Waals surface area contributed by atoms with Gasteiger partial charge in [-0.2, -0.15) is 0 Å². The van der Waals surface area contributed by atoms with Crippen LogP contribution in [0, 0.1) is 6.92 Å². The van der Waals surface area contributed by atoms with Gasteiger partial charge in [0.15, 0.2) is 0 Å². The first-order valence-electron chi connectivity index (χ1n) is 12.5.